The number of hydrogen-bond acceptors (Lipinski definition) is 3. The molecule has 0 aliphatic carbocycles. The van der Waals surface area contributed by atoms with Crippen LogP contribution in [0.25, 0.3) is 0 Å². The van der Waals surface area contributed by atoms with E-state index in [2.05, 4.69) is 29.5 Å². The molecule has 2 N–H and O–H groups in total. The molecular weight excluding hydrogens is 178 g/mol. The first-order valence-electron chi connectivity index (χ1n) is 4.76. The van der Waals surface area contributed by atoms with E-state index in [1.165, 1.54) is 0 Å². The van der Waals surface area contributed by atoms with Gasteiger partial charge in [0.25, 0.3) is 0 Å². The van der Waals surface area contributed by atoms with Gasteiger partial charge in [0.2, 0.25) is 0 Å². The first kappa shape index (κ1) is 10.7. The normalized spacial score (nSPS) is 10.6. The topological polar surface area (TPSA) is 66.6 Å². The standard InChI is InChI=1S/C9H17N5/c1-7(2)5-14-6-9(12-13-14)4-11-8(3)10/h6-7H,4-5H2,1-3H3,(H2,10,11). The minimum atomic E-state index is 0.448. The van der Waals surface area contributed by atoms with Crippen LogP contribution in [0.15, 0.2) is 6.20 Å². The second kappa shape index (κ2) is 4.74. The number of amidine groups is 1. The first-order valence-corrected chi connectivity index (χ1v) is 4.76. The maximum Gasteiger partial charge on any atom is 0.102 e. The maximum absolute atomic E-state index is 7.20. The Kier molecular flexibility index (Phi) is 3.62. The lowest BCUT2D eigenvalue weighted by molar-refractivity contribution is 0.472. The highest BCUT2D eigenvalue weighted by Gasteiger charge is 2.01. The van der Waals surface area contributed by atoms with Gasteiger partial charge in [-0.05, 0) is 12.8 Å². The highest BCUT2D eigenvalue weighted by Crippen LogP contribution is 1.98. The molecule has 78 valence electrons. The molecule has 1 aromatic rings. The SMILES string of the molecule is CC(=N)NCc1cn(CC(C)C)nn1. The lowest BCUT2D eigenvalue weighted by Crippen LogP contribution is -2.18. The Morgan fingerprint density at radius 3 is 2.93 bits per heavy atom. The molecule has 5 heteroatoms. The zero-order valence-corrected chi connectivity index (χ0v) is 8.91. The van der Waals surface area contributed by atoms with Crippen LogP contribution in [0, 0.1) is 11.3 Å². The highest BCUT2D eigenvalue weighted by molar-refractivity contribution is 5.75. The fraction of sp³-hybridized carbons (Fsp3) is 0.667. The zero-order chi connectivity index (χ0) is 10.6. The van der Waals surface area contributed by atoms with Gasteiger partial charge in [-0.25, -0.2) is 0 Å². The molecule has 0 aliphatic heterocycles. The summed E-state index contributed by atoms with van der Waals surface area (Å²) in [6.45, 7) is 7.45. The van der Waals surface area contributed by atoms with E-state index in [1.54, 1.807) is 6.92 Å². The van der Waals surface area contributed by atoms with Crippen LogP contribution < -0.4 is 5.32 Å². The Labute approximate surface area is 84.0 Å². The molecule has 0 atom stereocenters. The van der Waals surface area contributed by atoms with Crippen molar-refractivity contribution in [2.45, 2.75) is 33.9 Å². The van der Waals surface area contributed by atoms with Crippen molar-refractivity contribution in [2.75, 3.05) is 0 Å². The molecule has 0 aliphatic rings. The van der Waals surface area contributed by atoms with E-state index in [0.29, 0.717) is 18.3 Å². The Balaban J connectivity index is 2.46. The average molecular weight is 195 g/mol. The summed E-state index contributed by atoms with van der Waals surface area (Å²) in [6, 6.07) is 0. The molecule has 0 saturated carbocycles. The summed E-state index contributed by atoms with van der Waals surface area (Å²) in [4.78, 5) is 0. The maximum atomic E-state index is 7.20. The first-order chi connectivity index (χ1) is 6.58. The van der Waals surface area contributed by atoms with Crippen LogP contribution in [0.1, 0.15) is 26.5 Å². The molecule has 1 aromatic heterocycles. The number of nitrogens with one attached hydrogen (secondary N) is 2. The third kappa shape index (κ3) is 3.55. The lowest BCUT2D eigenvalue weighted by atomic mass is 10.2. The minimum Gasteiger partial charge on any atom is -0.368 e. The number of rotatable bonds is 4. The third-order valence-corrected chi connectivity index (χ3v) is 1.67. The lowest BCUT2D eigenvalue weighted by Gasteiger charge is -2.02. The Bertz CT molecular complexity index is 302. The molecule has 0 amide bonds. The molecular formula is C9H17N5. The molecule has 1 heterocycles. The van der Waals surface area contributed by atoms with Crippen molar-refractivity contribution in [3.05, 3.63) is 11.9 Å². The van der Waals surface area contributed by atoms with Crippen LogP contribution in [-0.2, 0) is 13.1 Å². The van der Waals surface area contributed by atoms with E-state index >= 15 is 0 Å². The monoisotopic (exact) mass is 195 g/mol. The van der Waals surface area contributed by atoms with Gasteiger partial charge in [-0.3, -0.25) is 10.1 Å². The smallest absolute Gasteiger partial charge is 0.102 e. The predicted molar refractivity (Wildman–Crippen MR) is 55.1 cm³/mol. The molecule has 14 heavy (non-hydrogen) atoms. The third-order valence-electron chi connectivity index (χ3n) is 1.67. The van der Waals surface area contributed by atoms with Crippen molar-refractivity contribution < 1.29 is 0 Å². The zero-order valence-electron chi connectivity index (χ0n) is 8.91. The summed E-state index contributed by atoms with van der Waals surface area (Å²) in [5.74, 6) is 1.02. The van der Waals surface area contributed by atoms with E-state index < -0.39 is 0 Å². The molecule has 0 unspecified atom stereocenters. The Hall–Kier alpha value is -1.39. The van der Waals surface area contributed by atoms with Crippen LogP contribution in [0.3, 0.4) is 0 Å². The van der Waals surface area contributed by atoms with Crippen molar-refractivity contribution in [3.8, 4) is 0 Å². The van der Waals surface area contributed by atoms with Gasteiger partial charge in [-0.15, -0.1) is 5.10 Å². The molecule has 5 nitrogen and oxygen atoms in total. The second-order valence-electron chi connectivity index (χ2n) is 3.80. The summed E-state index contributed by atoms with van der Waals surface area (Å²) < 4.78 is 1.83. The van der Waals surface area contributed by atoms with Gasteiger partial charge in [0.1, 0.15) is 5.69 Å². The molecule has 0 radical (unpaired) electrons. The van der Waals surface area contributed by atoms with Crippen molar-refractivity contribution in [1.82, 2.24) is 20.3 Å². The van der Waals surface area contributed by atoms with Gasteiger partial charge in [-0.1, -0.05) is 19.1 Å². The number of aromatic nitrogens is 3. The van der Waals surface area contributed by atoms with E-state index in [1.807, 2.05) is 10.9 Å². The van der Waals surface area contributed by atoms with E-state index in [0.717, 1.165) is 12.2 Å². The van der Waals surface area contributed by atoms with Crippen LogP contribution in [0.4, 0.5) is 0 Å². The molecule has 0 fully saturated rings. The summed E-state index contributed by atoms with van der Waals surface area (Å²) >= 11 is 0. The minimum absolute atomic E-state index is 0.448. The Morgan fingerprint density at radius 1 is 1.64 bits per heavy atom. The van der Waals surface area contributed by atoms with Gasteiger partial charge >= 0.3 is 0 Å². The summed E-state index contributed by atoms with van der Waals surface area (Å²) in [5, 5.41) is 18.1. The molecule has 0 saturated heterocycles. The average Bonchev–Trinajstić information content (AvgIpc) is 2.47. The summed E-state index contributed by atoms with van der Waals surface area (Å²) in [6.07, 6.45) is 1.91. The second-order valence-corrected chi connectivity index (χ2v) is 3.80. The fourth-order valence-corrected chi connectivity index (χ4v) is 1.11. The predicted octanol–water partition coefficient (Wildman–Crippen LogP) is 1.02. The fourth-order valence-electron chi connectivity index (χ4n) is 1.11. The number of nitrogens with zero attached hydrogens (tertiary/aromatic N) is 3. The van der Waals surface area contributed by atoms with Gasteiger partial charge in [0.15, 0.2) is 0 Å². The molecule has 0 spiro atoms. The van der Waals surface area contributed by atoms with E-state index in [-0.39, 0.29) is 0 Å². The van der Waals surface area contributed by atoms with Crippen molar-refractivity contribution in [2.24, 2.45) is 5.92 Å². The van der Waals surface area contributed by atoms with Crippen molar-refractivity contribution in [1.29, 1.82) is 5.41 Å². The highest BCUT2D eigenvalue weighted by atomic mass is 15.4. The van der Waals surface area contributed by atoms with Crippen LogP contribution in [0.2, 0.25) is 0 Å². The van der Waals surface area contributed by atoms with E-state index in [4.69, 9.17) is 5.41 Å². The summed E-state index contributed by atoms with van der Waals surface area (Å²) in [7, 11) is 0. The van der Waals surface area contributed by atoms with Gasteiger partial charge in [0.05, 0.1) is 18.6 Å². The molecule has 0 aromatic carbocycles. The number of hydrogen-bond donors (Lipinski definition) is 2. The van der Waals surface area contributed by atoms with Crippen LogP contribution >= 0.6 is 0 Å². The quantitative estimate of drug-likeness (QED) is 0.557. The van der Waals surface area contributed by atoms with Gasteiger partial charge < -0.3 is 5.32 Å². The molecule has 0 bridgehead atoms. The summed E-state index contributed by atoms with van der Waals surface area (Å²) in [5.41, 5.74) is 0.872. The van der Waals surface area contributed by atoms with Crippen molar-refractivity contribution >= 4 is 5.84 Å². The van der Waals surface area contributed by atoms with Crippen LogP contribution in [-0.4, -0.2) is 20.8 Å². The van der Waals surface area contributed by atoms with E-state index in [9.17, 15) is 0 Å². The van der Waals surface area contributed by atoms with Gasteiger partial charge in [0, 0.05) is 6.54 Å². The van der Waals surface area contributed by atoms with Gasteiger partial charge in [-0.2, -0.15) is 0 Å². The Morgan fingerprint density at radius 2 is 2.36 bits per heavy atom. The van der Waals surface area contributed by atoms with Crippen molar-refractivity contribution in [3.63, 3.8) is 0 Å². The largest absolute Gasteiger partial charge is 0.368 e. The van der Waals surface area contributed by atoms with Crippen LogP contribution in [0.5, 0.6) is 0 Å². The molecule has 1 rings (SSSR count).